The van der Waals surface area contributed by atoms with E-state index < -0.39 is 18.0 Å². The minimum Gasteiger partial charge on any atom is -1.00 e. The number of nitrogens with zero attached hydrogens (tertiary/aromatic N) is 1. The van der Waals surface area contributed by atoms with E-state index in [1.165, 1.54) is 24.3 Å². The van der Waals surface area contributed by atoms with Gasteiger partial charge in [0.25, 0.3) is 0 Å². The van der Waals surface area contributed by atoms with Crippen LogP contribution in [0.15, 0.2) is 72.8 Å². The number of anilines is 1. The molecule has 1 aliphatic rings. The summed E-state index contributed by atoms with van der Waals surface area (Å²) in [5.41, 5.74) is 2.61. The van der Waals surface area contributed by atoms with Crippen molar-refractivity contribution in [1.82, 2.24) is 10.6 Å². The van der Waals surface area contributed by atoms with Gasteiger partial charge in [0.05, 0.1) is 38.3 Å². The monoisotopic (exact) mass is 690 g/mol. The molecular weight excluding hydrogens is 654 g/mol. The van der Waals surface area contributed by atoms with Crippen molar-refractivity contribution >= 4 is 23.6 Å². The fourth-order valence-electron chi connectivity index (χ4n) is 5.08. The maximum Gasteiger partial charge on any atom is 0.338 e. The predicted molar refractivity (Wildman–Crippen MR) is 153 cm³/mol. The molecule has 11 heteroatoms. The molecule has 4 rings (SSSR count). The molecule has 4 N–H and O–H groups in total. The fraction of sp³-hybridized carbons (Fsp3) is 0.323. The number of amides is 3. The number of phenolic OH excluding ortho intramolecular Hbond substituents is 1. The van der Waals surface area contributed by atoms with E-state index in [1.54, 1.807) is 55.5 Å². The molecule has 1 aliphatic heterocycles. The Kier molecular flexibility index (Phi) is 11.7. The zero-order valence-electron chi connectivity index (χ0n) is 23.6. The van der Waals surface area contributed by atoms with E-state index in [1.807, 2.05) is 0 Å². The zero-order chi connectivity index (χ0) is 29.4. The van der Waals surface area contributed by atoms with Gasteiger partial charge in [-0.15, -0.1) is 0 Å². The number of aromatic hydroxyl groups is 1. The van der Waals surface area contributed by atoms with Crippen molar-refractivity contribution in [2.75, 3.05) is 32.1 Å². The van der Waals surface area contributed by atoms with Gasteiger partial charge in [0.2, 0.25) is 5.91 Å². The summed E-state index contributed by atoms with van der Waals surface area (Å²) >= 11 is 0. The van der Waals surface area contributed by atoms with E-state index in [2.05, 4.69) is 23.0 Å². The molecule has 1 heterocycles. The van der Waals surface area contributed by atoms with Crippen LogP contribution in [-0.4, -0.2) is 66.3 Å². The Hall–Kier alpha value is -3.71. The Labute approximate surface area is 262 Å². The quantitative estimate of drug-likeness (QED) is 0.144. The van der Waals surface area contributed by atoms with Gasteiger partial charge in [-0.1, -0.05) is 24.3 Å². The van der Waals surface area contributed by atoms with Crippen LogP contribution in [0.3, 0.4) is 0 Å². The number of quaternary nitrogens is 1. The first-order valence-electron chi connectivity index (χ1n) is 13.6. The number of likely N-dealkylation sites (N-methyl/N-ethyl adjacent to an activating group) is 1. The van der Waals surface area contributed by atoms with E-state index in [-0.39, 0.29) is 60.5 Å². The number of rotatable bonds is 10. The fourth-order valence-corrected chi connectivity index (χ4v) is 5.08. The summed E-state index contributed by atoms with van der Waals surface area (Å²) in [7, 11) is 2.11. The highest BCUT2D eigenvalue weighted by Crippen LogP contribution is 2.22. The molecule has 0 radical (unpaired) electrons. The Bertz CT molecular complexity index is 1360. The lowest BCUT2D eigenvalue weighted by molar-refractivity contribution is -0.911. The van der Waals surface area contributed by atoms with E-state index in [9.17, 15) is 23.9 Å². The lowest BCUT2D eigenvalue weighted by Crippen LogP contribution is -3.00. The van der Waals surface area contributed by atoms with Gasteiger partial charge in [0.15, 0.2) is 0 Å². The highest BCUT2D eigenvalue weighted by Gasteiger charge is 2.36. The van der Waals surface area contributed by atoms with Crippen LogP contribution >= 0.6 is 0 Å². The molecule has 3 amide bonds. The van der Waals surface area contributed by atoms with E-state index in [0.29, 0.717) is 22.3 Å². The van der Waals surface area contributed by atoms with Gasteiger partial charge in [0, 0.05) is 24.1 Å². The van der Waals surface area contributed by atoms with Gasteiger partial charge in [-0.25, -0.2) is 14.0 Å². The molecule has 224 valence electrons. The predicted octanol–water partition coefficient (Wildman–Crippen LogP) is 0.980. The molecule has 0 aromatic heterocycles. The van der Waals surface area contributed by atoms with Crippen molar-refractivity contribution in [1.29, 1.82) is 0 Å². The minimum atomic E-state index is -0.880. The van der Waals surface area contributed by atoms with Gasteiger partial charge in [-0.3, -0.25) is 4.79 Å². The number of benzene rings is 3. The van der Waals surface area contributed by atoms with Crippen LogP contribution in [0.4, 0.5) is 14.9 Å². The summed E-state index contributed by atoms with van der Waals surface area (Å²) in [6, 6.07) is 17.7. The highest BCUT2D eigenvalue weighted by atomic mass is 127. The van der Waals surface area contributed by atoms with Gasteiger partial charge in [-0.2, -0.15) is 0 Å². The average molecular weight is 691 g/mol. The average Bonchev–Trinajstić information content (AvgIpc) is 3.31. The molecule has 0 saturated carbocycles. The van der Waals surface area contributed by atoms with Crippen molar-refractivity contribution < 1.29 is 57.1 Å². The number of hydrogen-bond acceptors (Lipinski definition) is 5. The van der Waals surface area contributed by atoms with E-state index in [0.717, 1.165) is 30.6 Å². The number of halogens is 2. The maximum atomic E-state index is 13.4. The third-order valence-corrected chi connectivity index (χ3v) is 7.15. The number of likely N-dealkylation sites (tertiary alicyclic amines) is 1. The van der Waals surface area contributed by atoms with Crippen molar-refractivity contribution in [2.24, 2.45) is 0 Å². The van der Waals surface area contributed by atoms with Gasteiger partial charge < -0.3 is 54.3 Å². The molecule has 3 atom stereocenters. The van der Waals surface area contributed by atoms with Crippen molar-refractivity contribution in [3.8, 4) is 5.75 Å². The molecular formula is C31H36FIN4O5. The van der Waals surface area contributed by atoms with Crippen molar-refractivity contribution in [3.05, 3.63) is 95.3 Å². The minimum absolute atomic E-state index is 0. The second-order valence-corrected chi connectivity index (χ2v) is 10.6. The lowest BCUT2D eigenvalue weighted by atomic mass is 10.0. The Morgan fingerprint density at radius 3 is 2.29 bits per heavy atom. The Balaban J connectivity index is 0.00000484. The van der Waals surface area contributed by atoms with Gasteiger partial charge in [0.1, 0.15) is 24.2 Å². The van der Waals surface area contributed by atoms with Gasteiger partial charge >= 0.3 is 12.0 Å². The molecule has 9 nitrogen and oxygen atoms in total. The van der Waals surface area contributed by atoms with Crippen LogP contribution in [0.5, 0.6) is 5.75 Å². The summed E-state index contributed by atoms with van der Waals surface area (Å²) in [6.45, 7) is 4.26. The number of phenols is 1. The standard InChI is InChI=1S/C31H35FN4O5.HI/c1-3-41-30(39)23-8-12-25(13-9-23)34-31(40)35-28(18-21-6-14-27(37)15-7-21)29(38)33-26-16-17-36(2,20-26)19-22-4-10-24(32)11-5-22;/h4-15,26,28H,3,16-20H2,1-2H3,(H3-,33,34,35,37,38,39,40);1H/t26-,28-,36?;/m0./s1. The summed E-state index contributed by atoms with van der Waals surface area (Å²) in [6.07, 6.45) is 0.990. The van der Waals surface area contributed by atoms with Gasteiger partial charge in [-0.05, 0) is 61.0 Å². The molecule has 1 fully saturated rings. The Morgan fingerprint density at radius 1 is 1.00 bits per heavy atom. The molecule has 0 spiro atoms. The highest BCUT2D eigenvalue weighted by molar-refractivity contribution is 5.95. The summed E-state index contributed by atoms with van der Waals surface area (Å²) < 4.78 is 19.0. The number of ether oxygens (including phenoxy) is 1. The summed E-state index contributed by atoms with van der Waals surface area (Å²) in [4.78, 5) is 38.2. The number of carbonyl (C=O) groups is 3. The Morgan fingerprint density at radius 2 is 1.64 bits per heavy atom. The molecule has 1 unspecified atom stereocenters. The van der Waals surface area contributed by atoms with E-state index in [4.69, 9.17) is 4.74 Å². The summed E-state index contributed by atoms with van der Waals surface area (Å²) in [5.74, 6) is -0.928. The van der Waals surface area contributed by atoms with Crippen molar-refractivity contribution in [3.63, 3.8) is 0 Å². The molecule has 1 saturated heterocycles. The number of hydrogen-bond donors (Lipinski definition) is 4. The van der Waals surface area contributed by atoms with E-state index >= 15 is 0 Å². The van der Waals surface area contributed by atoms with Crippen molar-refractivity contribution in [2.45, 2.75) is 38.4 Å². The largest absolute Gasteiger partial charge is 1.00 e. The molecule has 0 aliphatic carbocycles. The summed E-state index contributed by atoms with van der Waals surface area (Å²) in [5, 5.41) is 18.2. The van der Waals surface area contributed by atoms with Crippen LogP contribution < -0.4 is 39.9 Å². The molecule has 42 heavy (non-hydrogen) atoms. The molecule has 0 bridgehead atoms. The first kappa shape index (κ1) is 32.8. The second-order valence-electron chi connectivity index (χ2n) is 10.6. The normalized spacial score (nSPS) is 18.3. The molecule has 3 aromatic rings. The molecule has 3 aromatic carbocycles. The second kappa shape index (κ2) is 15.0. The number of nitrogens with one attached hydrogen (secondary N) is 3. The van der Waals surface area contributed by atoms with Crippen LogP contribution in [0.2, 0.25) is 0 Å². The van der Waals surface area contributed by atoms with Crippen LogP contribution in [0.25, 0.3) is 0 Å². The number of carbonyl (C=O) groups excluding carboxylic acids is 3. The smallest absolute Gasteiger partial charge is 0.338 e. The maximum absolute atomic E-state index is 13.4. The topological polar surface area (TPSA) is 117 Å². The third kappa shape index (κ3) is 9.41. The zero-order valence-corrected chi connectivity index (χ0v) is 25.8. The van der Waals surface area contributed by atoms with Crippen LogP contribution in [0.1, 0.15) is 34.8 Å². The first-order chi connectivity index (χ1) is 19.6. The SMILES string of the molecule is CCOC(=O)c1ccc(NC(=O)N[C@@H](Cc2ccc(O)cc2)C(=O)N[C@H]2CC[N+](C)(Cc3ccc(F)cc3)C2)cc1.[I-]. The van der Waals surface area contributed by atoms with Crippen LogP contribution in [0, 0.1) is 5.82 Å². The lowest BCUT2D eigenvalue weighted by Gasteiger charge is -2.30. The number of urea groups is 1. The number of esters is 1. The first-order valence-corrected chi connectivity index (χ1v) is 13.6. The van der Waals surface area contributed by atoms with Crippen LogP contribution in [-0.2, 0) is 22.5 Å². The third-order valence-electron chi connectivity index (χ3n) is 7.15.